The van der Waals surface area contributed by atoms with Crippen molar-refractivity contribution in [1.29, 1.82) is 0 Å². The minimum absolute atomic E-state index is 0.143. The fourth-order valence-corrected chi connectivity index (χ4v) is 2.43. The van der Waals surface area contributed by atoms with Crippen LogP contribution in [-0.2, 0) is 11.2 Å². The summed E-state index contributed by atoms with van der Waals surface area (Å²) in [5.41, 5.74) is 6.95. The van der Waals surface area contributed by atoms with Gasteiger partial charge < -0.3 is 5.32 Å². The van der Waals surface area contributed by atoms with Gasteiger partial charge in [0.05, 0.1) is 12.3 Å². The van der Waals surface area contributed by atoms with E-state index in [-0.39, 0.29) is 12.5 Å². The largest absolute Gasteiger partial charge is 0.376 e. The predicted molar refractivity (Wildman–Crippen MR) is 84.4 cm³/mol. The zero-order valence-corrected chi connectivity index (χ0v) is 11.7. The van der Waals surface area contributed by atoms with Crippen LogP contribution in [0.3, 0.4) is 0 Å². The van der Waals surface area contributed by atoms with E-state index >= 15 is 0 Å². The summed E-state index contributed by atoms with van der Waals surface area (Å²) in [5.74, 6) is -0.143. The number of anilines is 1. The van der Waals surface area contributed by atoms with Crippen molar-refractivity contribution in [2.24, 2.45) is 5.10 Å². The van der Waals surface area contributed by atoms with Crippen molar-refractivity contribution in [2.75, 3.05) is 11.9 Å². The molecule has 0 radical (unpaired) electrons. The molecule has 4 heteroatoms. The van der Waals surface area contributed by atoms with Crippen LogP contribution in [0.15, 0.2) is 59.7 Å². The maximum absolute atomic E-state index is 11.8. The molecule has 1 aliphatic carbocycles. The van der Waals surface area contributed by atoms with Gasteiger partial charge >= 0.3 is 0 Å². The van der Waals surface area contributed by atoms with Crippen LogP contribution >= 0.6 is 0 Å². The van der Waals surface area contributed by atoms with Crippen LogP contribution in [0.4, 0.5) is 5.69 Å². The molecule has 1 aliphatic rings. The highest BCUT2D eigenvalue weighted by Gasteiger charge is 2.16. The highest BCUT2D eigenvalue weighted by atomic mass is 16.2. The Morgan fingerprint density at radius 3 is 2.62 bits per heavy atom. The van der Waals surface area contributed by atoms with Gasteiger partial charge in [0, 0.05) is 11.3 Å². The molecule has 0 aromatic heterocycles. The van der Waals surface area contributed by atoms with E-state index in [1.165, 1.54) is 5.56 Å². The molecular formula is C17H17N3O. The van der Waals surface area contributed by atoms with Gasteiger partial charge in [-0.3, -0.25) is 4.79 Å². The third-order valence-corrected chi connectivity index (χ3v) is 3.50. The number of hydrazone groups is 1. The van der Waals surface area contributed by atoms with E-state index in [1.54, 1.807) is 0 Å². The molecule has 0 unspecified atom stereocenters. The lowest BCUT2D eigenvalue weighted by molar-refractivity contribution is -0.119. The molecule has 21 heavy (non-hydrogen) atoms. The number of amides is 1. The Bertz CT molecular complexity index is 665. The maximum Gasteiger partial charge on any atom is 0.259 e. The van der Waals surface area contributed by atoms with Gasteiger partial charge in [-0.15, -0.1) is 0 Å². The molecule has 0 bridgehead atoms. The Kier molecular flexibility index (Phi) is 3.96. The van der Waals surface area contributed by atoms with E-state index in [9.17, 15) is 4.79 Å². The molecule has 2 aromatic carbocycles. The van der Waals surface area contributed by atoms with Crippen molar-refractivity contribution in [2.45, 2.75) is 12.8 Å². The highest BCUT2D eigenvalue weighted by molar-refractivity contribution is 6.04. The van der Waals surface area contributed by atoms with Crippen LogP contribution in [0, 0.1) is 0 Å². The first-order valence-electron chi connectivity index (χ1n) is 7.05. The Hall–Kier alpha value is -2.62. The zero-order chi connectivity index (χ0) is 14.5. The van der Waals surface area contributed by atoms with Crippen molar-refractivity contribution in [3.05, 3.63) is 65.7 Å². The average Bonchev–Trinajstić information content (AvgIpc) is 2.95. The van der Waals surface area contributed by atoms with Gasteiger partial charge in [-0.2, -0.15) is 5.10 Å². The summed E-state index contributed by atoms with van der Waals surface area (Å²) in [7, 11) is 0. The van der Waals surface area contributed by atoms with Crippen LogP contribution < -0.4 is 10.7 Å². The molecule has 0 heterocycles. The van der Waals surface area contributed by atoms with E-state index in [1.807, 2.05) is 42.5 Å². The fraction of sp³-hybridized carbons (Fsp3) is 0.176. The maximum atomic E-state index is 11.8. The first kappa shape index (κ1) is 13.4. The third-order valence-electron chi connectivity index (χ3n) is 3.50. The summed E-state index contributed by atoms with van der Waals surface area (Å²) in [6, 6.07) is 17.8. The van der Waals surface area contributed by atoms with Crippen LogP contribution in [0.5, 0.6) is 0 Å². The number of aryl methyl sites for hydroxylation is 1. The molecule has 2 N–H and O–H groups in total. The van der Waals surface area contributed by atoms with Crippen LogP contribution in [-0.4, -0.2) is 18.2 Å². The lowest BCUT2D eigenvalue weighted by Gasteiger charge is -2.05. The van der Waals surface area contributed by atoms with E-state index in [0.717, 1.165) is 29.8 Å². The SMILES string of the molecule is O=C(CNc1ccccc1)N/N=C1/CCc2ccccc21. The third kappa shape index (κ3) is 3.28. The van der Waals surface area contributed by atoms with E-state index in [4.69, 9.17) is 0 Å². The van der Waals surface area contributed by atoms with Gasteiger partial charge in [-0.25, -0.2) is 5.43 Å². The Morgan fingerprint density at radius 2 is 1.76 bits per heavy atom. The molecule has 2 aromatic rings. The number of hydrogen-bond donors (Lipinski definition) is 2. The first-order valence-corrected chi connectivity index (χ1v) is 7.05. The number of nitrogens with one attached hydrogen (secondary N) is 2. The summed E-state index contributed by atoms with van der Waals surface area (Å²) in [4.78, 5) is 11.8. The van der Waals surface area contributed by atoms with Crippen molar-refractivity contribution in [3.8, 4) is 0 Å². The summed E-state index contributed by atoms with van der Waals surface area (Å²) >= 11 is 0. The summed E-state index contributed by atoms with van der Waals surface area (Å²) in [6.07, 6.45) is 1.87. The van der Waals surface area contributed by atoms with Gasteiger partial charge in [0.2, 0.25) is 0 Å². The Morgan fingerprint density at radius 1 is 1.00 bits per heavy atom. The number of hydrogen-bond acceptors (Lipinski definition) is 3. The molecule has 0 atom stereocenters. The van der Waals surface area contributed by atoms with Crippen molar-refractivity contribution in [1.82, 2.24) is 5.43 Å². The van der Waals surface area contributed by atoms with Crippen molar-refractivity contribution < 1.29 is 4.79 Å². The number of para-hydroxylation sites is 1. The van der Waals surface area contributed by atoms with Gasteiger partial charge in [-0.05, 0) is 30.5 Å². The summed E-state index contributed by atoms with van der Waals surface area (Å²) in [6.45, 7) is 0.211. The first-order chi connectivity index (χ1) is 10.3. The predicted octanol–water partition coefficient (Wildman–Crippen LogP) is 2.57. The second-order valence-electron chi connectivity index (χ2n) is 4.97. The van der Waals surface area contributed by atoms with Crippen LogP contribution in [0.2, 0.25) is 0 Å². The monoisotopic (exact) mass is 279 g/mol. The number of rotatable bonds is 4. The highest BCUT2D eigenvalue weighted by Crippen LogP contribution is 2.21. The molecule has 0 spiro atoms. The van der Waals surface area contributed by atoms with Gasteiger partial charge in [-0.1, -0.05) is 42.5 Å². The van der Waals surface area contributed by atoms with Crippen LogP contribution in [0.25, 0.3) is 0 Å². The summed E-state index contributed by atoms with van der Waals surface area (Å²) in [5, 5.41) is 7.31. The lowest BCUT2D eigenvalue weighted by Crippen LogP contribution is -2.26. The van der Waals surface area contributed by atoms with Gasteiger partial charge in [0.1, 0.15) is 0 Å². The van der Waals surface area contributed by atoms with E-state index < -0.39 is 0 Å². The summed E-state index contributed by atoms with van der Waals surface area (Å²) < 4.78 is 0. The molecule has 0 saturated heterocycles. The van der Waals surface area contributed by atoms with Gasteiger partial charge in [0.25, 0.3) is 5.91 Å². The van der Waals surface area contributed by atoms with E-state index in [0.29, 0.717) is 0 Å². The Balaban J connectivity index is 1.56. The second-order valence-corrected chi connectivity index (χ2v) is 4.97. The fourth-order valence-electron chi connectivity index (χ4n) is 2.43. The minimum atomic E-state index is -0.143. The molecule has 1 amide bonds. The number of nitrogens with zero attached hydrogens (tertiary/aromatic N) is 1. The van der Waals surface area contributed by atoms with Gasteiger partial charge in [0.15, 0.2) is 0 Å². The molecule has 0 saturated carbocycles. The average molecular weight is 279 g/mol. The normalized spacial score (nSPS) is 14.8. The minimum Gasteiger partial charge on any atom is -0.376 e. The topological polar surface area (TPSA) is 53.5 Å². The van der Waals surface area contributed by atoms with Crippen LogP contribution in [0.1, 0.15) is 17.5 Å². The molecule has 3 rings (SSSR count). The standard InChI is InChI=1S/C17H17N3O/c21-17(12-18-14-7-2-1-3-8-14)20-19-16-11-10-13-6-4-5-9-15(13)16/h1-9,18H,10-12H2,(H,20,21)/b19-16-. The molecule has 4 nitrogen and oxygen atoms in total. The number of fused-ring (bicyclic) bond motifs is 1. The Labute approximate surface area is 123 Å². The smallest absolute Gasteiger partial charge is 0.259 e. The molecule has 0 aliphatic heterocycles. The second kappa shape index (κ2) is 6.22. The van der Waals surface area contributed by atoms with Crippen molar-refractivity contribution >= 4 is 17.3 Å². The molecule has 0 fully saturated rings. The number of carbonyl (C=O) groups is 1. The quantitative estimate of drug-likeness (QED) is 0.845. The molecular weight excluding hydrogens is 262 g/mol. The molecule has 106 valence electrons. The number of benzene rings is 2. The number of carbonyl (C=O) groups excluding carboxylic acids is 1. The van der Waals surface area contributed by atoms with E-state index in [2.05, 4.69) is 28.0 Å². The zero-order valence-electron chi connectivity index (χ0n) is 11.7. The van der Waals surface area contributed by atoms with Crippen molar-refractivity contribution in [3.63, 3.8) is 0 Å². The lowest BCUT2D eigenvalue weighted by atomic mass is 10.1.